The summed E-state index contributed by atoms with van der Waals surface area (Å²) in [6, 6.07) is 16.2. The fourth-order valence-corrected chi connectivity index (χ4v) is 3.22. The number of methoxy groups -OCH3 is 1. The molecule has 2 N–H and O–H groups in total. The molecule has 0 spiro atoms. The number of rotatable bonds is 7. The summed E-state index contributed by atoms with van der Waals surface area (Å²) in [4.78, 5) is 15.9. The van der Waals surface area contributed by atoms with E-state index in [9.17, 15) is 4.79 Å². The van der Waals surface area contributed by atoms with Crippen molar-refractivity contribution in [3.63, 3.8) is 0 Å². The zero-order valence-corrected chi connectivity index (χ0v) is 15.6. The van der Waals surface area contributed by atoms with Gasteiger partial charge in [0.15, 0.2) is 0 Å². The van der Waals surface area contributed by atoms with Crippen molar-refractivity contribution >= 4 is 16.8 Å². The summed E-state index contributed by atoms with van der Waals surface area (Å²) in [5.41, 5.74) is 3.29. The van der Waals surface area contributed by atoms with E-state index in [0.717, 1.165) is 27.8 Å². The number of aromatic amines is 1. The summed E-state index contributed by atoms with van der Waals surface area (Å²) >= 11 is 0. The van der Waals surface area contributed by atoms with Crippen LogP contribution in [-0.2, 0) is 4.79 Å². The van der Waals surface area contributed by atoms with Crippen LogP contribution in [0.3, 0.4) is 0 Å². The third-order valence-corrected chi connectivity index (χ3v) is 4.59. The normalized spacial score (nSPS) is 12.3. The predicted molar refractivity (Wildman–Crippen MR) is 106 cm³/mol. The zero-order chi connectivity index (χ0) is 18.5. The summed E-state index contributed by atoms with van der Waals surface area (Å²) < 4.78 is 5.39. The Hall–Kier alpha value is -2.75. The number of hydrogen-bond acceptors (Lipinski definition) is 2. The van der Waals surface area contributed by atoms with Crippen molar-refractivity contribution in [1.82, 2.24) is 10.3 Å². The molecular formula is C22H26N2O2. The van der Waals surface area contributed by atoms with Crippen LogP contribution in [-0.4, -0.2) is 24.5 Å². The predicted octanol–water partition coefficient (Wildman–Crippen LogP) is 4.47. The number of benzene rings is 2. The first-order valence-corrected chi connectivity index (χ1v) is 9.05. The molecule has 0 saturated carbocycles. The van der Waals surface area contributed by atoms with Crippen molar-refractivity contribution in [2.75, 3.05) is 13.7 Å². The van der Waals surface area contributed by atoms with Gasteiger partial charge in [-0.2, -0.15) is 0 Å². The molecule has 0 saturated heterocycles. The summed E-state index contributed by atoms with van der Waals surface area (Å²) in [7, 11) is 1.66. The van der Waals surface area contributed by atoms with Crippen LogP contribution < -0.4 is 10.1 Å². The molecule has 2 aromatic carbocycles. The molecule has 1 atom stereocenters. The molecule has 0 fully saturated rings. The van der Waals surface area contributed by atoms with Gasteiger partial charge in [-0.1, -0.05) is 44.2 Å². The standard InChI is InChI=1S/C22H26N2O2/c1-15(2)13-24-22(25)12-19(16-7-6-8-17(11-16)26-3)20-14-23-21-10-5-4-9-18(20)21/h4-11,14-15,19,23H,12-13H2,1-3H3,(H,24,25). The molecule has 26 heavy (non-hydrogen) atoms. The van der Waals surface area contributed by atoms with Gasteiger partial charge in [0.05, 0.1) is 7.11 Å². The molecule has 1 heterocycles. The number of H-pyrrole nitrogens is 1. The second kappa shape index (κ2) is 8.09. The fraction of sp³-hybridized carbons (Fsp3) is 0.318. The highest BCUT2D eigenvalue weighted by Gasteiger charge is 2.22. The highest BCUT2D eigenvalue weighted by atomic mass is 16.5. The minimum atomic E-state index is -0.0339. The smallest absolute Gasteiger partial charge is 0.220 e. The van der Waals surface area contributed by atoms with E-state index in [1.807, 2.05) is 36.5 Å². The quantitative estimate of drug-likeness (QED) is 0.660. The van der Waals surface area contributed by atoms with Crippen molar-refractivity contribution < 1.29 is 9.53 Å². The number of hydrogen-bond donors (Lipinski definition) is 2. The van der Waals surface area contributed by atoms with Crippen LogP contribution in [0.2, 0.25) is 0 Å². The molecule has 1 unspecified atom stereocenters. The number of carbonyl (C=O) groups is 1. The number of amides is 1. The lowest BCUT2D eigenvalue weighted by Crippen LogP contribution is -2.28. The summed E-state index contributed by atoms with van der Waals surface area (Å²) in [6.45, 7) is 4.89. The van der Waals surface area contributed by atoms with Crippen molar-refractivity contribution in [3.8, 4) is 5.75 Å². The van der Waals surface area contributed by atoms with Crippen molar-refractivity contribution in [1.29, 1.82) is 0 Å². The number of para-hydroxylation sites is 1. The Morgan fingerprint density at radius 1 is 1.15 bits per heavy atom. The van der Waals surface area contributed by atoms with E-state index in [0.29, 0.717) is 18.9 Å². The molecule has 1 aromatic heterocycles. The Morgan fingerprint density at radius 3 is 2.73 bits per heavy atom. The van der Waals surface area contributed by atoms with Gasteiger partial charge in [0, 0.05) is 36.0 Å². The SMILES string of the molecule is COc1cccc(C(CC(=O)NCC(C)C)c2c[nH]c3ccccc23)c1. The van der Waals surface area contributed by atoms with E-state index in [4.69, 9.17) is 4.74 Å². The van der Waals surface area contributed by atoms with E-state index in [1.54, 1.807) is 7.11 Å². The van der Waals surface area contributed by atoms with E-state index in [2.05, 4.69) is 42.3 Å². The number of aromatic nitrogens is 1. The van der Waals surface area contributed by atoms with E-state index >= 15 is 0 Å². The van der Waals surface area contributed by atoms with Crippen LogP contribution in [0, 0.1) is 5.92 Å². The van der Waals surface area contributed by atoms with Crippen LogP contribution >= 0.6 is 0 Å². The lowest BCUT2D eigenvalue weighted by molar-refractivity contribution is -0.121. The Labute approximate surface area is 154 Å². The molecule has 0 aliphatic rings. The summed E-state index contributed by atoms with van der Waals surface area (Å²) in [5, 5.41) is 4.19. The molecule has 4 nitrogen and oxygen atoms in total. The second-order valence-corrected chi connectivity index (χ2v) is 7.02. The second-order valence-electron chi connectivity index (χ2n) is 7.02. The zero-order valence-electron chi connectivity index (χ0n) is 15.6. The topological polar surface area (TPSA) is 54.1 Å². The van der Waals surface area contributed by atoms with Crippen molar-refractivity contribution in [2.45, 2.75) is 26.2 Å². The maximum absolute atomic E-state index is 12.6. The number of ether oxygens (including phenoxy) is 1. The van der Waals surface area contributed by atoms with Gasteiger partial charge in [-0.05, 0) is 35.2 Å². The third-order valence-electron chi connectivity index (χ3n) is 4.59. The first kappa shape index (κ1) is 18.1. The van der Waals surface area contributed by atoms with Gasteiger partial charge in [-0.25, -0.2) is 0 Å². The third kappa shape index (κ3) is 4.07. The number of fused-ring (bicyclic) bond motifs is 1. The molecule has 0 bridgehead atoms. The van der Waals surface area contributed by atoms with Gasteiger partial charge in [0.25, 0.3) is 0 Å². The molecule has 1 amide bonds. The first-order chi connectivity index (χ1) is 12.6. The molecule has 3 rings (SSSR count). The first-order valence-electron chi connectivity index (χ1n) is 9.05. The summed E-state index contributed by atoms with van der Waals surface area (Å²) in [6.07, 6.45) is 2.42. The molecular weight excluding hydrogens is 324 g/mol. The van der Waals surface area contributed by atoms with Crippen LogP contribution in [0.4, 0.5) is 0 Å². The largest absolute Gasteiger partial charge is 0.497 e. The molecule has 0 radical (unpaired) electrons. The Bertz CT molecular complexity index is 882. The average molecular weight is 350 g/mol. The van der Waals surface area contributed by atoms with E-state index in [1.165, 1.54) is 0 Å². The Balaban J connectivity index is 1.97. The van der Waals surface area contributed by atoms with Gasteiger partial charge >= 0.3 is 0 Å². The monoisotopic (exact) mass is 350 g/mol. The molecule has 136 valence electrons. The lowest BCUT2D eigenvalue weighted by Gasteiger charge is -2.18. The average Bonchev–Trinajstić information content (AvgIpc) is 3.08. The molecule has 3 aromatic rings. The molecule has 4 heteroatoms. The van der Waals surface area contributed by atoms with Crippen molar-refractivity contribution in [2.24, 2.45) is 5.92 Å². The van der Waals surface area contributed by atoms with Gasteiger partial charge < -0.3 is 15.0 Å². The van der Waals surface area contributed by atoms with Crippen LogP contribution in [0.25, 0.3) is 10.9 Å². The lowest BCUT2D eigenvalue weighted by atomic mass is 9.88. The maximum Gasteiger partial charge on any atom is 0.220 e. The van der Waals surface area contributed by atoms with Crippen LogP contribution in [0.1, 0.15) is 37.3 Å². The fourth-order valence-electron chi connectivity index (χ4n) is 3.22. The Kier molecular flexibility index (Phi) is 5.61. The van der Waals surface area contributed by atoms with Crippen molar-refractivity contribution in [3.05, 3.63) is 65.9 Å². The summed E-state index contributed by atoms with van der Waals surface area (Å²) in [5.74, 6) is 1.27. The number of carbonyl (C=O) groups excluding carboxylic acids is 1. The minimum absolute atomic E-state index is 0.0339. The van der Waals surface area contributed by atoms with Gasteiger partial charge in [0.2, 0.25) is 5.91 Å². The minimum Gasteiger partial charge on any atom is -0.497 e. The number of nitrogens with one attached hydrogen (secondary N) is 2. The van der Waals surface area contributed by atoms with Gasteiger partial charge in [-0.15, -0.1) is 0 Å². The highest BCUT2D eigenvalue weighted by molar-refractivity contribution is 5.86. The van der Waals surface area contributed by atoms with Gasteiger partial charge in [0.1, 0.15) is 5.75 Å². The molecule has 0 aliphatic carbocycles. The Morgan fingerprint density at radius 2 is 1.96 bits per heavy atom. The van der Waals surface area contributed by atoms with E-state index in [-0.39, 0.29) is 11.8 Å². The van der Waals surface area contributed by atoms with Gasteiger partial charge in [-0.3, -0.25) is 4.79 Å². The van der Waals surface area contributed by atoms with Crippen LogP contribution in [0.5, 0.6) is 5.75 Å². The maximum atomic E-state index is 12.6. The van der Waals surface area contributed by atoms with E-state index < -0.39 is 0 Å². The highest BCUT2D eigenvalue weighted by Crippen LogP contribution is 2.34. The molecule has 0 aliphatic heterocycles. The van der Waals surface area contributed by atoms with Crippen LogP contribution in [0.15, 0.2) is 54.7 Å².